The molecule has 7 heteroatoms. The number of esters is 1. The summed E-state index contributed by atoms with van der Waals surface area (Å²) in [5.74, 6) is 0.186. The van der Waals surface area contributed by atoms with Crippen LogP contribution in [0.1, 0.15) is 43.9 Å². The van der Waals surface area contributed by atoms with E-state index in [0.717, 1.165) is 18.4 Å². The maximum absolute atomic E-state index is 12.3. The lowest BCUT2D eigenvalue weighted by Gasteiger charge is -2.16. The van der Waals surface area contributed by atoms with Crippen molar-refractivity contribution in [3.63, 3.8) is 0 Å². The van der Waals surface area contributed by atoms with Crippen molar-refractivity contribution in [3.8, 4) is 0 Å². The highest BCUT2D eigenvalue weighted by atomic mass is 32.1. The molecule has 0 radical (unpaired) electrons. The fourth-order valence-electron chi connectivity index (χ4n) is 2.16. The third-order valence-electron chi connectivity index (χ3n) is 3.46. The first kappa shape index (κ1) is 18.2. The molecule has 0 aliphatic heterocycles. The maximum Gasteiger partial charge on any atom is 0.306 e. The number of hydrogen-bond donors (Lipinski definition) is 1. The van der Waals surface area contributed by atoms with E-state index in [1.165, 1.54) is 0 Å². The van der Waals surface area contributed by atoms with E-state index >= 15 is 0 Å². The lowest BCUT2D eigenvalue weighted by atomic mass is 10.1. The predicted molar refractivity (Wildman–Crippen MR) is 91.9 cm³/mol. The third kappa shape index (κ3) is 5.81. The molecule has 1 atom stereocenters. The molecule has 1 amide bonds. The number of aromatic nitrogens is 1. The molecule has 2 aromatic rings. The molecule has 24 heavy (non-hydrogen) atoms. The standard InChI is InChI=1S/C17H22N2O4S/c1-3-4-5-14(17(21)18-15-10-12(2)23-19-15)22-16(20)7-6-13-8-9-24-11-13/h8-11,14H,3-7H2,1-2H3,(H,18,19,21). The molecule has 0 saturated carbocycles. The zero-order valence-electron chi connectivity index (χ0n) is 13.9. The average molecular weight is 350 g/mol. The van der Waals surface area contributed by atoms with Crippen LogP contribution in [0, 0.1) is 6.92 Å². The zero-order valence-corrected chi connectivity index (χ0v) is 14.7. The van der Waals surface area contributed by atoms with Crippen LogP contribution >= 0.6 is 11.3 Å². The Labute approximate surface area is 145 Å². The summed E-state index contributed by atoms with van der Waals surface area (Å²) >= 11 is 1.59. The number of aryl methyl sites for hydroxylation is 2. The van der Waals surface area contributed by atoms with Crippen LogP contribution in [0.3, 0.4) is 0 Å². The van der Waals surface area contributed by atoms with Gasteiger partial charge >= 0.3 is 5.97 Å². The molecule has 1 N–H and O–H groups in total. The van der Waals surface area contributed by atoms with Gasteiger partial charge in [-0.25, -0.2) is 0 Å². The van der Waals surface area contributed by atoms with E-state index in [9.17, 15) is 9.59 Å². The molecular formula is C17H22N2O4S. The van der Waals surface area contributed by atoms with Crippen molar-refractivity contribution in [2.45, 2.75) is 52.1 Å². The van der Waals surface area contributed by atoms with Crippen molar-refractivity contribution in [3.05, 3.63) is 34.2 Å². The van der Waals surface area contributed by atoms with E-state index in [2.05, 4.69) is 10.5 Å². The fraction of sp³-hybridized carbons (Fsp3) is 0.471. The van der Waals surface area contributed by atoms with Crippen molar-refractivity contribution in [1.82, 2.24) is 5.16 Å². The van der Waals surface area contributed by atoms with E-state index < -0.39 is 6.10 Å². The van der Waals surface area contributed by atoms with Crippen LogP contribution in [0.5, 0.6) is 0 Å². The van der Waals surface area contributed by atoms with E-state index in [1.807, 2.05) is 23.8 Å². The summed E-state index contributed by atoms with van der Waals surface area (Å²) < 4.78 is 10.3. The smallest absolute Gasteiger partial charge is 0.306 e. The Morgan fingerprint density at radius 3 is 2.92 bits per heavy atom. The van der Waals surface area contributed by atoms with Crippen molar-refractivity contribution < 1.29 is 18.8 Å². The molecule has 0 aliphatic rings. The number of amides is 1. The number of anilines is 1. The van der Waals surface area contributed by atoms with Gasteiger partial charge in [0.15, 0.2) is 11.9 Å². The third-order valence-corrected chi connectivity index (χ3v) is 4.20. The van der Waals surface area contributed by atoms with Crippen LogP contribution in [-0.2, 0) is 20.7 Å². The summed E-state index contributed by atoms with van der Waals surface area (Å²) in [6, 6.07) is 3.60. The molecule has 0 aromatic carbocycles. The van der Waals surface area contributed by atoms with Gasteiger partial charge in [-0.15, -0.1) is 0 Å². The zero-order chi connectivity index (χ0) is 17.4. The molecule has 0 aliphatic carbocycles. The molecule has 0 bridgehead atoms. The second-order valence-corrected chi connectivity index (χ2v) is 6.34. The topological polar surface area (TPSA) is 81.4 Å². The minimum Gasteiger partial charge on any atom is -0.452 e. The van der Waals surface area contributed by atoms with E-state index in [0.29, 0.717) is 24.4 Å². The lowest BCUT2D eigenvalue weighted by molar-refractivity contribution is -0.154. The van der Waals surface area contributed by atoms with Gasteiger partial charge in [-0.2, -0.15) is 11.3 Å². The Balaban J connectivity index is 1.88. The number of unbranched alkanes of at least 4 members (excludes halogenated alkanes) is 1. The van der Waals surface area contributed by atoms with Gasteiger partial charge in [0.05, 0.1) is 0 Å². The minimum atomic E-state index is -0.808. The van der Waals surface area contributed by atoms with Crippen molar-refractivity contribution >= 4 is 29.0 Å². The summed E-state index contributed by atoms with van der Waals surface area (Å²) in [6.07, 6.45) is 2.27. The van der Waals surface area contributed by atoms with Gasteiger partial charge in [0.25, 0.3) is 5.91 Å². The number of hydrogen-bond acceptors (Lipinski definition) is 6. The Bertz CT molecular complexity index is 651. The largest absolute Gasteiger partial charge is 0.452 e. The van der Waals surface area contributed by atoms with E-state index in [1.54, 1.807) is 24.3 Å². The summed E-state index contributed by atoms with van der Waals surface area (Å²) in [5, 5.41) is 10.3. The molecule has 1 unspecified atom stereocenters. The van der Waals surface area contributed by atoms with Gasteiger partial charge in [-0.3, -0.25) is 9.59 Å². The summed E-state index contributed by atoms with van der Waals surface area (Å²) in [4.78, 5) is 24.4. The molecule has 2 rings (SSSR count). The first-order valence-electron chi connectivity index (χ1n) is 8.03. The number of nitrogens with zero attached hydrogens (tertiary/aromatic N) is 1. The molecule has 0 fully saturated rings. The van der Waals surface area contributed by atoms with Crippen molar-refractivity contribution in [1.29, 1.82) is 0 Å². The first-order chi connectivity index (χ1) is 11.6. The van der Waals surface area contributed by atoms with Gasteiger partial charge in [0.2, 0.25) is 0 Å². The highest BCUT2D eigenvalue weighted by molar-refractivity contribution is 7.07. The Morgan fingerprint density at radius 1 is 1.46 bits per heavy atom. The highest BCUT2D eigenvalue weighted by Crippen LogP contribution is 2.14. The number of nitrogens with one attached hydrogen (secondary N) is 1. The Hall–Kier alpha value is -2.15. The van der Waals surface area contributed by atoms with Crippen LogP contribution in [0.15, 0.2) is 27.4 Å². The van der Waals surface area contributed by atoms with Crippen LogP contribution in [0.4, 0.5) is 5.82 Å². The number of carbonyl (C=O) groups excluding carboxylic acids is 2. The second kappa shape index (κ2) is 9.22. The molecule has 2 heterocycles. The fourth-order valence-corrected chi connectivity index (χ4v) is 2.87. The van der Waals surface area contributed by atoms with Crippen LogP contribution in [0.25, 0.3) is 0 Å². The number of rotatable bonds is 9. The van der Waals surface area contributed by atoms with E-state index in [-0.39, 0.29) is 18.3 Å². The lowest BCUT2D eigenvalue weighted by Crippen LogP contribution is -2.32. The molecule has 0 spiro atoms. The second-order valence-electron chi connectivity index (χ2n) is 5.56. The van der Waals surface area contributed by atoms with Crippen LogP contribution in [0.2, 0.25) is 0 Å². The number of ether oxygens (including phenoxy) is 1. The van der Waals surface area contributed by atoms with Crippen molar-refractivity contribution in [2.75, 3.05) is 5.32 Å². The summed E-state index contributed by atoms with van der Waals surface area (Å²) in [7, 11) is 0. The monoisotopic (exact) mass is 350 g/mol. The molecule has 130 valence electrons. The predicted octanol–water partition coefficient (Wildman–Crippen LogP) is 3.72. The average Bonchev–Trinajstić information content (AvgIpc) is 3.21. The summed E-state index contributed by atoms with van der Waals surface area (Å²) in [5.41, 5.74) is 1.10. The molecule has 0 saturated heterocycles. The minimum absolute atomic E-state index is 0.260. The molecular weight excluding hydrogens is 328 g/mol. The van der Waals surface area contributed by atoms with E-state index in [4.69, 9.17) is 9.26 Å². The Kier molecular flexibility index (Phi) is 6.99. The van der Waals surface area contributed by atoms with Gasteiger partial charge in [-0.05, 0) is 48.6 Å². The van der Waals surface area contributed by atoms with Crippen LogP contribution < -0.4 is 5.32 Å². The maximum atomic E-state index is 12.3. The highest BCUT2D eigenvalue weighted by Gasteiger charge is 2.23. The molecule has 6 nitrogen and oxygen atoms in total. The van der Waals surface area contributed by atoms with Gasteiger partial charge < -0.3 is 14.6 Å². The van der Waals surface area contributed by atoms with Gasteiger partial charge in [0, 0.05) is 12.5 Å². The number of thiophene rings is 1. The summed E-state index contributed by atoms with van der Waals surface area (Å²) in [6.45, 7) is 3.76. The van der Waals surface area contributed by atoms with Crippen LogP contribution in [-0.4, -0.2) is 23.1 Å². The normalized spacial score (nSPS) is 11.9. The van der Waals surface area contributed by atoms with Gasteiger partial charge in [0.1, 0.15) is 5.76 Å². The first-order valence-corrected chi connectivity index (χ1v) is 8.97. The quantitative estimate of drug-likeness (QED) is 0.697. The number of carbonyl (C=O) groups is 2. The molecule has 2 aromatic heterocycles. The van der Waals surface area contributed by atoms with Gasteiger partial charge in [-0.1, -0.05) is 18.5 Å². The van der Waals surface area contributed by atoms with Crippen molar-refractivity contribution in [2.24, 2.45) is 0 Å². The SMILES string of the molecule is CCCCC(OC(=O)CCc1ccsc1)C(=O)Nc1cc(C)on1. The Morgan fingerprint density at radius 2 is 2.29 bits per heavy atom.